The van der Waals surface area contributed by atoms with E-state index < -0.39 is 11.7 Å². The van der Waals surface area contributed by atoms with Gasteiger partial charge in [-0.25, -0.2) is 4.79 Å². The Bertz CT molecular complexity index is 1040. The van der Waals surface area contributed by atoms with Gasteiger partial charge in [0.1, 0.15) is 11.3 Å². The lowest BCUT2D eigenvalue weighted by Crippen LogP contribution is -2.56. The first-order valence-electron chi connectivity index (χ1n) is 10.9. The number of piperidine rings is 1. The molecule has 1 saturated carbocycles. The summed E-state index contributed by atoms with van der Waals surface area (Å²) in [4.78, 5) is 27.0. The highest BCUT2D eigenvalue weighted by molar-refractivity contribution is 5.86. The predicted molar refractivity (Wildman–Crippen MR) is 115 cm³/mol. The monoisotopic (exact) mass is 413 g/mol. The van der Waals surface area contributed by atoms with Gasteiger partial charge in [-0.3, -0.25) is 4.79 Å². The number of nitrogens with zero attached hydrogens (tertiary/aromatic N) is 1. The number of likely N-dealkylation sites (tertiary alicyclic amines) is 1. The van der Waals surface area contributed by atoms with Crippen molar-refractivity contribution >= 4 is 16.9 Å². The average molecular weight is 414 g/mol. The first-order valence-corrected chi connectivity index (χ1v) is 10.9. The Kier molecular flexibility index (Phi) is 5.39. The molecule has 1 aromatic carbocycles. The van der Waals surface area contributed by atoms with Gasteiger partial charge in [0, 0.05) is 35.5 Å². The van der Waals surface area contributed by atoms with E-state index in [1.165, 1.54) is 0 Å². The Morgan fingerprint density at radius 1 is 1.20 bits per heavy atom. The largest absolute Gasteiger partial charge is 0.480 e. The maximum absolute atomic E-state index is 13.1. The predicted octanol–water partition coefficient (Wildman–Crippen LogP) is 3.64. The lowest BCUT2D eigenvalue weighted by molar-refractivity contribution is -0.149. The number of rotatable bonds is 3. The van der Waals surface area contributed by atoms with E-state index in [0.29, 0.717) is 42.0 Å². The van der Waals surface area contributed by atoms with Gasteiger partial charge in [0.15, 0.2) is 6.10 Å². The highest BCUT2D eigenvalue weighted by Crippen LogP contribution is 2.40. The van der Waals surface area contributed by atoms with Crippen LogP contribution in [0.15, 0.2) is 21.3 Å². The van der Waals surface area contributed by atoms with Crippen molar-refractivity contribution in [2.24, 2.45) is 5.92 Å². The van der Waals surface area contributed by atoms with Crippen molar-refractivity contribution in [2.75, 3.05) is 13.1 Å². The highest BCUT2D eigenvalue weighted by Gasteiger charge is 2.44. The van der Waals surface area contributed by atoms with Crippen LogP contribution in [0, 0.1) is 26.7 Å². The molecule has 6 heteroatoms. The summed E-state index contributed by atoms with van der Waals surface area (Å²) in [7, 11) is 0. The normalized spacial score (nSPS) is 25.1. The number of carbonyl (C=O) groups excluding carboxylic acids is 1. The molecule has 3 atom stereocenters. The van der Waals surface area contributed by atoms with Gasteiger partial charge in [-0.2, -0.15) is 0 Å². The molecule has 4 rings (SSSR count). The van der Waals surface area contributed by atoms with Gasteiger partial charge in [-0.1, -0.05) is 12.8 Å². The van der Waals surface area contributed by atoms with E-state index in [9.17, 15) is 14.7 Å². The zero-order valence-corrected chi connectivity index (χ0v) is 18.3. The number of hydrogen-bond donors (Lipinski definition) is 1. The standard InChI is InChI=1S/C24H31NO5/c1-14-15(2)23(27)30-21-16(3)20(9-8-19(14)21)29-17(4)22(26)25-12-11-24(28)10-6-5-7-18(24)13-25/h8-9,17-18,28H,5-7,10-13H2,1-4H3/t17-,18-,24+/m0/s1. The van der Waals surface area contributed by atoms with Crippen molar-refractivity contribution in [3.05, 3.63) is 39.2 Å². The first kappa shape index (κ1) is 20.9. The third-order valence-corrected chi connectivity index (χ3v) is 7.21. The fourth-order valence-electron chi connectivity index (χ4n) is 5.02. The summed E-state index contributed by atoms with van der Waals surface area (Å²) in [5.41, 5.74) is 1.76. The Morgan fingerprint density at radius 3 is 2.73 bits per heavy atom. The van der Waals surface area contributed by atoms with E-state index in [4.69, 9.17) is 9.15 Å². The molecule has 1 amide bonds. The van der Waals surface area contributed by atoms with Crippen LogP contribution in [0.5, 0.6) is 5.75 Å². The van der Waals surface area contributed by atoms with Crippen LogP contribution in [0.4, 0.5) is 0 Å². The lowest BCUT2D eigenvalue weighted by Gasteiger charge is -2.47. The number of hydrogen-bond acceptors (Lipinski definition) is 5. The molecule has 6 nitrogen and oxygen atoms in total. The van der Waals surface area contributed by atoms with Crippen molar-refractivity contribution in [2.45, 2.75) is 71.5 Å². The van der Waals surface area contributed by atoms with Crippen LogP contribution in [-0.2, 0) is 4.79 Å². The molecule has 1 N–H and O–H groups in total. The molecule has 0 bridgehead atoms. The molecule has 1 saturated heterocycles. The van der Waals surface area contributed by atoms with Crippen LogP contribution in [-0.4, -0.2) is 40.7 Å². The number of ether oxygens (including phenoxy) is 1. The van der Waals surface area contributed by atoms with Crippen LogP contribution in [0.25, 0.3) is 11.0 Å². The molecular formula is C24H31NO5. The van der Waals surface area contributed by atoms with Gasteiger partial charge in [0.2, 0.25) is 0 Å². The molecule has 0 spiro atoms. The molecule has 2 heterocycles. The number of benzene rings is 1. The Labute approximate surface area is 176 Å². The highest BCUT2D eigenvalue weighted by atomic mass is 16.5. The maximum atomic E-state index is 13.1. The van der Waals surface area contributed by atoms with Crippen LogP contribution >= 0.6 is 0 Å². The number of aliphatic hydroxyl groups is 1. The molecule has 0 radical (unpaired) electrons. The minimum Gasteiger partial charge on any atom is -0.480 e. The number of fused-ring (bicyclic) bond motifs is 2. The third kappa shape index (κ3) is 3.51. The molecular weight excluding hydrogens is 382 g/mol. The number of aryl methyl sites for hydroxylation is 2. The van der Waals surface area contributed by atoms with Gasteiger partial charge < -0.3 is 19.2 Å². The minimum absolute atomic E-state index is 0.0661. The number of carbonyl (C=O) groups is 1. The number of amides is 1. The van der Waals surface area contributed by atoms with Gasteiger partial charge in [0.25, 0.3) is 5.91 Å². The van der Waals surface area contributed by atoms with Crippen molar-refractivity contribution in [1.82, 2.24) is 4.90 Å². The average Bonchev–Trinajstić information content (AvgIpc) is 2.73. The Hall–Kier alpha value is -2.34. The molecule has 30 heavy (non-hydrogen) atoms. The van der Waals surface area contributed by atoms with Crippen LogP contribution < -0.4 is 10.4 Å². The molecule has 2 fully saturated rings. The molecule has 0 unspecified atom stereocenters. The smallest absolute Gasteiger partial charge is 0.339 e. The summed E-state index contributed by atoms with van der Waals surface area (Å²) < 4.78 is 11.5. The molecule has 1 aromatic heterocycles. The van der Waals surface area contributed by atoms with Gasteiger partial charge in [-0.05, 0) is 64.7 Å². The van der Waals surface area contributed by atoms with E-state index in [-0.39, 0.29) is 17.5 Å². The van der Waals surface area contributed by atoms with E-state index >= 15 is 0 Å². The van der Waals surface area contributed by atoms with Crippen molar-refractivity contribution in [3.8, 4) is 5.75 Å². The summed E-state index contributed by atoms with van der Waals surface area (Å²) in [6, 6.07) is 3.72. The van der Waals surface area contributed by atoms with Crippen LogP contribution in [0.2, 0.25) is 0 Å². The second kappa shape index (κ2) is 7.73. The fourth-order valence-corrected chi connectivity index (χ4v) is 5.02. The zero-order chi connectivity index (χ0) is 21.6. The van der Waals surface area contributed by atoms with E-state index in [2.05, 4.69) is 0 Å². The van der Waals surface area contributed by atoms with Crippen LogP contribution in [0.3, 0.4) is 0 Å². The molecule has 1 aliphatic heterocycles. The fraction of sp³-hybridized carbons (Fsp3) is 0.583. The van der Waals surface area contributed by atoms with Crippen molar-refractivity contribution in [1.29, 1.82) is 0 Å². The zero-order valence-electron chi connectivity index (χ0n) is 18.3. The quantitative estimate of drug-likeness (QED) is 0.777. The third-order valence-electron chi connectivity index (χ3n) is 7.21. The maximum Gasteiger partial charge on any atom is 0.339 e. The van der Waals surface area contributed by atoms with E-state index in [0.717, 1.165) is 36.6 Å². The second-order valence-corrected chi connectivity index (χ2v) is 9.05. The van der Waals surface area contributed by atoms with Crippen LogP contribution in [0.1, 0.15) is 55.7 Å². The molecule has 2 aromatic rings. The summed E-state index contributed by atoms with van der Waals surface area (Å²) in [5, 5.41) is 11.7. The molecule has 162 valence electrons. The minimum atomic E-state index is -0.658. The Balaban J connectivity index is 1.52. The summed E-state index contributed by atoms with van der Waals surface area (Å²) in [5.74, 6) is 0.628. The SMILES string of the molecule is Cc1c(C)c2ccc(O[C@@H](C)C(=O)N3CC[C@]4(O)CCCC[C@H]4C3)c(C)c2oc1=O. The van der Waals surface area contributed by atoms with Gasteiger partial charge in [0.05, 0.1) is 5.60 Å². The Morgan fingerprint density at radius 2 is 1.97 bits per heavy atom. The van der Waals surface area contributed by atoms with Crippen molar-refractivity contribution in [3.63, 3.8) is 0 Å². The lowest BCUT2D eigenvalue weighted by atomic mass is 9.71. The van der Waals surface area contributed by atoms with Crippen molar-refractivity contribution < 1.29 is 19.1 Å². The topological polar surface area (TPSA) is 80.0 Å². The summed E-state index contributed by atoms with van der Waals surface area (Å²) >= 11 is 0. The summed E-state index contributed by atoms with van der Waals surface area (Å²) in [6.45, 7) is 8.41. The van der Waals surface area contributed by atoms with Gasteiger partial charge in [-0.15, -0.1) is 0 Å². The summed E-state index contributed by atoms with van der Waals surface area (Å²) in [6.07, 6.45) is 3.96. The molecule has 2 aliphatic rings. The molecule has 1 aliphatic carbocycles. The first-order chi connectivity index (χ1) is 14.2. The second-order valence-electron chi connectivity index (χ2n) is 9.05. The van der Waals surface area contributed by atoms with E-state index in [1.54, 1.807) is 13.8 Å². The van der Waals surface area contributed by atoms with Gasteiger partial charge >= 0.3 is 5.63 Å². The van der Waals surface area contributed by atoms with E-state index in [1.807, 2.05) is 30.9 Å².